The second-order valence-electron chi connectivity index (χ2n) is 3.99. The zero-order valence-corrected chi connectivity index (χ0v) is 9.98. The molecule has 0 aliphatic carbocycles. The van der Waals surface area contributed by atoms with E-state index in [-0.39, 0.29) is 0 Å². The molecular formula is C12H2F6O4. The maximum absolute atomic E-state index is 13.7. The van der Waals surface area contributed by atoms with Crippen molar-refractivity contribution < 1.29 is 46.1 Å². The Morgan fingerprint density at radius 1 is 0.545 bits per heavy atom. The third kappa shape index (κ3) is 1.87. The Labute approximate surface area is 116 Å². The number of carboxylic acid groups (broad SMARTS) is 2. The molecule has 22 heavy (non-hydrogen) atoms. The van der Waals surface area contributed by atoms with Gasteiger partial charge in [0.2, 0.25) is 0 Å². The fourth-order valence-electron chi connectivity index (χ4n) is 1.94. The van der Waals surface area contributed by atoms with Crippen LogP contribution in [0.3, 0.4) is 0 Å². The van der Waals surface area contributed by atoms with Crippen LogP contribution in [0.25, 0.3) is 10.8 Å². The second kappa shape index (κ2) is 4.90. The Hall–Kier alpha value is -2.78. The molecule has 0 unspecified atom stereocenters. The van der Waals surface area contributed by atoms with Crippen molar-refractivity contribution in [3.05, 3.63) is 46.0 Å². The van der Waals surface area contributed by atoms with Crippen LogP contribution >= 0.6 is 0 Å². The summed E-state index contributed by atoms with van der Waals surface area (Å²) in [4.78, 5) is 21.7. The van der Waals surface area contributed by atoms with Gasteiger partial charge in [0.1, 0.15) is 11.1 Å². The van der Waals surface area contributed by atoms with Crippen molar-refractivity contribution in [3.63, 3.8) is 0 Å². The van der Waals surface area contributed by atoms with Crippen LogP contribution in [-0.4, -0.2) is 22.2 Å². The Bertz CT molecular complexity index is 790. The van der Waals surface area contributed by atoms with Gasteiger partial charge < -0.3 is 10.2 Å². The molecule has 2 N–H and O–H groups in total. The second-order valence-corrected chi connectivity index (χ2v) is 3.99. The van der Waals surface area contributed by atoms with E-state index in [4.69, 9.17) is 10.2 Å². The van der Waals surface area contributed by atoms with Gasteiger partial charge >= 0.3 is 11.9 Å². The quantitative estimate of drug-likeness (QED) is 0.658. The van der Waals surface area contributed by atoms with Crippen LogP contribution in [0.2, 0.25) is 0 Å². The SMILES string of the molecule is O=C(O)c1c(F)c(F)c(F)c2c(C(=O)O)c(F)c(F)c(F)c12. The van der Waals surface area contributed by atoms with Gasteiger partial charge in [0.15, 0.2) is 34.9 Å². The molecule has 10 heteroatoms. The van der Waals surface area contributed by atoms with E-state index in [2.05, 4.69) is 0 Å². The normalized spacial score (nSPS) is 11.0. The Morgan fingerprint density at radius 3 is 1.05 bits per heavy atom. The summed E-state index contributed by atoms with van der Waals surface area (Å²) in [5.41, 5.74) is -3.71. The van der Waals surface area contributed by atoms with Crippen LogP contribution in [0.1, 0.15) is 20.7 Å². The fourth-order valence-corrected chi connectivity index (χ4v) is 1.94. The molecule has 2 aromatic carbocycles. The Morgan fingerprint density at radius 2 is 0.818 bits per heavy atom. The minimum atomic E-state index is -2.46. The number of carbonyl (C=O) groups is 2. The molecule has 4 nitrogen and oxygen atoms in total. The zero-order valence-electron chi connectivity index (χ0n) is 9.98. The molecule has 0 aliphatic heterocycles. The predicted molar refractivity (Wildman–Crippen MR) is 57.6 cm³/mol. The van der Waals surface area contributed by atoms with Crippen molar-refractivity contribution in [2.45, 2.75) is 0 Å². The van der Waals surface area contributed by atoms with E-state index in [9.17, 15) is 35.9 Å². The lowest BCUT2D eigenvalue weighted by Gasteiger charge is -2.12. The summed E-state index contributed by atoms with van der Waals surface area (Å²) in [6.45, 7) is 0. The molecule has 0 fully saturated rings. The number of aromatic carboxylic acids is 2. The minimum absolute atomic E-state index is 1.72. The third-order valence-corrected chi connectivity index (χ3v) is 2.83. The first-order valence-electron chi connectivity index (χ1n) is 5.24. The molecule has 0 saturated carbocycles. The van der Waals surface area contributed by atoms with Crippen LogP contribution in [-0.2, 0) is 0 Å². The molecule has 0 saturated heterocycles. The van der Waals surface area contributed by atoms with E-state index in [0.29, 0.717) is 0 Å². The maximum Gasteiger partial charge on any atom is 0.339 e. The topological polar surface area (TPSA) is 74.6 Å². The lowest BCUT2D eigenvalue weighted by atomic mass is 9.97. The van der Waals surface area contributed by atoms with E-state index in [1.807, 2.05) is 0 Å². The molecule has 0 aliphatic rings. The van der Waals surface area contributed by atoms with Crippen LogP contribution < -0.4 is 0 Å². The van der Waals surface area contributed by atoms with Gasteiger partial charge in [0, 0.05) is 10.8 Å². The smallest absolute Gasteiger partial charge is 0.339 e. The van der Waals surface area contributed by atoms with Crippen molar-refractivity contribution in [2.24, 2.45) is 0 Å². The van der Waals surface area contributed by atoms with Gasteiger partial charge in [-0.15, -0.1) is 0 Å². The highest BCUT2D eigenvalue weighted by Crippen LogP contribution is 2.35. The van der Waals surface area contributed by atoms with Crippen molar-refractivity contribution >= 4 is 22.7 Å². The summed E-state index contributed by atoms with van der Waals surface area (Å²) in [7, 11) is 0. The van der Waals surface area contributed by atoms with Gasteiger partial charge in [-0.3, -0.25) is 0 Å². The molecule has 0 heterocycles. The molecule has 116 valence electrons. The van der Waals surface area contributed by atoms with E-state index < -0.39 is 68.7 Å². The number of benzene rings is 2. The van der Waals surface area contributed by atoms with Crippen molar-refractivity contribution in [1.82, 2.24) is 0 Å². The Kier molecular flexibility index (Phi) is 3.47. The average molecular weight is 324 g/mol. The highest BCUT2D eigenvalue weighted by Gasteiger charge is 2.34. The minimum Gasteiger partial charge on any atom is -0.478 e. The lowest BCUT2D eigenvalue weighted by molar-refractivity contribution is 0.0678. The van der Waals surface area contributed by atoms with Crippen LogP contribution in [0, 0.1) is 34.9 Å². The monoisotopic (exact) mass is 324 g/mol. The Balaban J connectivity index is 3.33. The molecule has 0 bridgehead atoms. The fraction of sp³-hybridized carbons (Fsp3) is 0. The van der Waals surface area contributed by atoms with Crippen molar-refractivity contribution in [2.75, 3.05) is 0 Å². The highest BCUT2D eigenvalue weighted by molar-refractivity contribution is 6.11. The lowest BCUT2D eigenvalue weighted by Crippen LogP contribution is -2.14. The molecule has 0 radical (unpaired) electrons. The van der Waals surface area contributed by atoms with E-state index >= 15 is 0 Å². The molecule has 0 spiro atoms. The van der Waals surface area contributed by atoms with Gasteiger partial charge in [-0.2, -0.15) is 0 Å². The summed E-state index contributed by atoms with van der Waals surface area (Å²) in [5.74, 6) is -19.0. The number of carboxylic acids is 2. The molecular weight excluding hydrogens is 322 g/mol. The van der Waals surface area contributed by atoms with Crippen LogP contribution in [0.4, 0.5) is 26.3 Å². The van der Waals surface area contributed by atoms with Crippen molar-refractivity contribution in [1.29, 1.82) is 0 Å². The van der Waals surface area contributed by atoms with E-state index in [1.165, 1.54) is 0 Å². The third-order valence-electron chi connectivity index (χ3n) is 2.83. The van der Waals surface area contributed by atoms with Crippen molar-refractivity contribution in [3.8, 4) is 0 Å². The zero-order chi connectivity index (χ0) is 16.9. The van der Waals surface area contributed by atoms with Gasteiger partial charge in [0.05, 0.1) is 0 Å². The van der Waals surface area contributed by atoms with Gasteiger partial charge in [-0.05, 0) is 0 Å². The summed E-state index contributed by atoms with van der Waals surface area (Å²) in [5, 5.41) is 14.0. The van der Waals surface area contributed by atoms with Gasteiger partial charge in [-0.25, -0.2) is 35.9 Å². The molecule has 0 aromatic heterocycles. The number of hydrogen-bond donors (Lipinski definition) is 2. The predicted octanol–water partition coefficient (Wildman–Crippen LogP) is 3.07. The van der Waals surface area contributed by atoms with Gasteiger partial charge in [-0.1, -0.05) is 0 Å². The molecule has 0 atom stereocenters. The number of halogens is 6. The summed E-state index contributed by atoms with van der Waals surface area (Å²) < 4.78 is 81.0. The standard InChI is InChI=1S/C12H2F6O4/c13-5-1-2(4(12(21)22)8(16)9(5)17)6(14)10(18)7(15)3(1)11(19)20/h(H,19,20)(H,21,22). The van der Waals surface area contributed by atoms with E-state index in [1.54, 1.807) is 0 Å². The molecule has 2 rings (SSSR count). The highest BCUT2D eigenvalue weighted by atomic mass is 19.2. The summed E-state index contributed by atoms with van der Waals surface area (Å²) in [6, 6.07) is 0. The first-order valence-corrected chi connectivity index (χ1v) is 5.24. The van der Waals surface area contributed by atoms with Crippen LogP contribution in [0.15, 0.2) is 0 Å². The summed E-state index contributed by atoms with van der Waals surface area (Å²) in [6.07, 6.45) is 0. The molecule has 2 aromatic rings. The largest absolute Gasteiger partial charge is 0.478 e. The van der Waals surface area contributed by atoms with Gasteiger partial charge in [0.25, 0.3) is 0 Å². The summed E-state index contributed by atoms with van der Waals surface area (Å²) >= 11 is 0. The number of rotatable bonds is 2. The first kappa shape index (κ1) is 15.6. The number of fused-ring (bicyclic) bond motifs is 1. The van der Waals surface area contributed by atoms with Crippen LogP contribution in [0.5, 0.6) is 0 Å². The maximum atomic E-state index is 13.7. The van der Waals surface area contributed by atoms with E-state index in [0.717, 1.165) is 0 Å². The first-order chi connectivity index (χ1) is 10.1. The average Bonchev–Trinajstić information content (AvgIpc) is 2.43. The number of hydrogen-bond acceptors (Lipinski definition) is 2. The molecule has 0 amide bonds.